The molecule has 0 saturated carbocycles. The van der Waals surface area contributed by atoms with Crippen LogP contribution in [-0.2, 0) is 32.3 Å². The fraction of sp³-hybridized carbons (Fsp3) is 0.308. The van der Waals surface area contributed by atoms with Gasteiger partial charge in [0.1, 0.15) is 11.5 Å². The van der Waals surface area contributed by atoms with Crippen LogP contribution in [0.2, 0.25) is 0 Å². The van der Waals surface area contributed by atoms with Crippen molar-refractivity contribution in [3.8, 4) is 11.5 Å². The average molecular weight is 440 g/mol. The number of hydrogen-bond acceptors (Lipinski definition) is 2. The number of rotatable bonds is 4. The first kappa shape index (κ1) is 23.4. The molecule has 2 nitrogen and oxygen atoms in total. The van der Waals surface area contributed by atoms with E-state index in [2.05, 4.69) is 50.3 Å². The summed E-state index contributed by atoms with van der Waals surface area (Å²) in [6, 6.07) is 12.6. The molecule has 0 N–H and O–H groups in total. The third-order valence-electron chi connectivity index (χ3n) is 5.46. The van der Waals surface area contributed by atoms with Gasteiger partial charge in [0, 0.05) is 0 Å². The first-order valence-electron chi connectivity index (χ1n) is 10.0. The molecule has 0 bridgehead atoms. The first-order chi connectivity index (χ1) is 13.7. The Kier molecular flexibility index (Phi) is 9.18. The van der Waals surface area contributed by atoms with Crippen LogP contribution in [0, 0.1) is 13.8 Å². The average Bonchev–Trinajstić information content (AvgIpc) is 2.77. The maximum absolute atomic E-state index is 5.21. The van der Waals surface area contributed by atoms with Crippen molar-refractivity contribution in [2.75, 3.05) is 14.2 Å². The monoisotopic (exact) mass is 438 g/mol. The Morgan fingerprint density at radius 1 is 0.724 bits per heavy atom. The number of methoxy groups -OCH3 is 2. The van der Waals surface area contributed by atoms with Gasteiger partial charge in [0.05, 0.1) is 14.2 Å². The van der Waals surface area contributed by atoms with Gasteiger partial charge in [-0.25, -0.2) is 0 Å². The van der Waals surface area contributed by atoms with Gasteiger partial charge in [-0.3, -0.25) is 0 Å². The molecule has 2 aromatic rings. The molecule has 0 fully saturated rings. The molecule has 0 unspecified atom stereocenters. The van der Waals surface area contributed by atoms with Crippen LogP contribution in [0.1, 0.15) is 47.9 Å². The Balaban J connectivity index is 0.000000200. The molecule has 2 aliphatic carbocycles. The second kappa shape index (κ2) is 11.4. The number of hydrogen-bond donors (Lipinski definition) is 0. The number of aryl methyl sites for hydroxylation is 2. The fourth-order valence-electron chi connectivity index (χ4n) is 3.93. The third-order valence-corrected chi connectivity index (χ3v) is 5.46. The molecule has 4 rings (SSSR count). The van der Waals surface area contributed by atoms with Gasteiger partial charge in [-0.2, -0.15) is 12.8 Å². The van der Waals surface area contributed by atoms with Crippen LogP contribution in [0.3, 0.4) is 0 Å². The maximum atomic E-state index is 5.21. The summed E-state index contributed by atoms with van der Waals surface area (Å²) in [7, 11) is 3.42. The van der Waals surface area contributed by atoms with Gasteiger partial charge in [0.25, 0.3) is 0 Å². The van der Waals surface area contributed by atoms with E-state index in [1.54, 1.807) is 14.2 Å². The van der Waals surface area contributed by atoms with E-state index in [9.17, 15) is 0 Å². The van der Waals surface area contributed by atoms with E-state index in [4.69, 9.17) is 9.47 Å². The predicted molar refractivity (Wildman–Crippen MR) is 119 cm³/mol. The van der Waals surface area contributed by atoms with E-state index in [0.29, 0.717) is 0 Å². The standard InChI is InChI=1S/2C13H15O.Zn/c2*1-3-10-5-4-6-11-9-12(14-2)7-8-13(10)11;/h2*5,7-9H,1,3-4,6H2,2H3;/q2*-1;+2. The van der Waals surface area contributed by atoms with E-state index >= 15 is 0 Å². The molecule has 0 amide bonds. The molecule has 0 atom stereocenters. The third kappa shape index (κ3) is 5.60. The summed E-state index contributed by atoms with van der Waals surface area (Å²) in [5, 5.41) is 0. The van der Waals surface area contributed by atoms with Crippen molar-refractivity contribution < 1.29 is 29.0 Å². The topological polar surface area (TPSA) is 18.5 Å². The number of allylic oxidation sites excluding steroid dienone is 4. The Morgan fingerprint density at radius 2 is 1.14 bits per heavy atom. The Hall–Kier alpha value is -1.86. The van der Waals surface area contributed by atoms with Crippen molar-refractivity contribution >= 4 is 11.1 Å². The minimum atomic E-state index is 0. The van der Waals surface area contributed by atoms with Crippen LogP contribution in [-0.4, -0.2) is 14.2 Å². The van der Waals surface area contributed by atoms with Crippen LogP contribution < -0.4 is 9.47 Å². The van der Waals surface area contributed by atoms with Crippen molar-refractivity contribution in [2.45, 2.75) is 38.5 Å². The fourth-order valence-corrected chi connectivity index (χ4v) is 3.93. The largest absolute Gasteiger partial charge is 2.00 e. The van der Waals surface area contributed by atoms with Crippen molar-refractivity contribution in [1.29, 1.82) is 0 Å². The molecular formula is C26H30O2Zn. The molecule has 0 saturated heterocycles. The zero-order chi connectivity index (χ0) is 19.9. The summed E-state index contributed by atoms with van der Waals surface area (Å²) in [6.07, 6.45) is 10.8. The normalized spacial score (nSPS) is 14.1. The molecule has 0 spiro atoms. The molecule has 3 heteroatoms. The number of fused-ring (bicyclic) bond motifs is 2. The van der Waals surface area contributed by atoms with Crippen molar-refractivity contribution in [2.24, 2.45) is 0 Å². The van der Waals surface area contributed by atoms with E-state index in [-0.39, 0.29) is 19.5 Å². The van der Waals surface area contributed by atoms with E-state index in [1.165, 1.54) is 33.4 Å². The molecule has 29 heavy (non-hydrogen) atoms. The summed E-state index contributed by atoms with van der Waals surface area (Å²) in [5.41, 5.74) is 8.23. The van der Waals surface area contributed by atoms with Crippen molar-refractivity contribution in [1.82, 2.24) is 0 Å². The quantitative estimate of drug-likeness (QED) is 0.400. The summed E-state index contributed by atoms with van der Waals surface area (Å²) < 4.78 is 10.4. The van der Waals surface area contributed by atoms with Crippen LogP contribution in [0.25, 0.3) is 11.1 Å². The summed E-state index contributed by atoms with van der Waals surface area (Å²) in [5.74, 6) is 1.91. The molecule has 0 aliphatic heterocycles. The second-order valence-electron chi connectivity index (χ2n) is 7.08. The van der Waals surface area contributed by atoms with E-state index in [0.717, 1.165) is 50.0 Å². The van der Waals surface area contributed by atoms with Gasteiger partial charge in [0.2, 0.25) is 0 Å². The summed E-state index contributed by atoms with van der Waals surface area (Å²) in [6.45, 7) is 7.90. The summed E-state index contributed by atoms with van der Waals surface area (Å²) >= 11 is 0. The molecule has 0 heterocycles. The second-order valence-corrected chi connectivity index (χ2v) is 7.08. The van der Waals surface area contributed by atoms with Gasteiger partial charge in [-0.1, -0.05) is 35.4 Å². The Bertz CT molecular complexity index is 807. The van der Waals surface area contributed by atoms with Crippen molar-refractivity contribution in [3.63, 3.8) is 0 Å². The zero-order valence-corrected chi connectivity index (χ0v) is 20.8. The molecule has 0 radical (unpaired) electrons. The van der Waals surface area contributed by atoms with E-state index < -0.39 is 0 Å². The van der Waals surface area contributed by atoms with Gasteiger partial charge >= 0.3 is 19.5 Å². The number of benzene rings is 2. The first-order valence-corrected chi connectivity index (χ1v) is 10.0. The van der Waals surface area contributed by atoms with Crippen LogP contribution >= 0.6 is 0 Å². The van der Waals surface area contributed by atoms with Gasteiger partial charge < -0.3 is 23.3 Å². The molecule has 0 aromatic heterocycles. The molecule has 2 aromatic carbocycles. The Morgan fingerprint density at radius 3 is 1.48 bits per heavy atom. The molecule has 148 valence electrons. The van der Waals surface area contributed by atoms with Crippen LogP contribution in [0.5, 0.6) is 11.5 Å². The Labute approximate surface area is 188 Å². The van der Waals surface area contributed by atoms with Crippen LogP contribution in [0.4, 0.5) is 0 Å². The van der Waals surface area contributed by atoms with Gasteiger partial charge in [0.15, 0.2) is 0 Å². The zero-order valence-electron chi connectivity index (χ0n) is 17.8. The van der Waals surface area contributed by atoms with E-state index in [1.807, 2.05) is 12.1 Å². The predicted octanol–water partition coefficient (Wildman–Crippen LogP) is 6.50. The maximum Gasteiger partial charge on any atom is 2.00 e. The van der Waals surface area contributed by atoms with Gasteiger partial charge in [-0.15, -0.1) is 0 Å². The van der Waals surface area contributed by atoms with Crippen molar-refractivity contribution in [3.05, 3.63) is 84.7 Å². The smallest absolute Gasteiger partial charge is 0.497 e. The molecule has 2 aliphatic rings. The minimum Gasteiger partial charge on any atom is -0.497 e. The number of ether oxygens (including phenoxy) is 2. The van der Waals surface area contributed by atoms with Crippen LogP contribution in [0.15, 0.2) is 48.6 Å². The molecular weight excluding hydrogens is 410 g/mol. The SMILES string of the molecule is [CH2-]CC1=CCCc2cc(OC)ccc21.[CH2-]CC1=CCCc2cc(OC)ccc21.[Zn+2]. The minimum absolute atomic E-state index is 0. The summed E-state index contributed by atoms with van der Waals surface area (Å²) in [4.78, 5) is 0. The van der Waals surface area contributed by atoms with Gasteiger partial charge in [-0.05, 0) is 72.2 Å².